The molecule has 1 N–H and O–H groups in total. The fourth-order valence-electron chi connectivity index (χ4n) is 3.68. The number of likely N-dealkylation sites (tertiary alicyclic amines) is 1. The van der Waals surface area contributed by atoms with E-state index in [1.807, 2.05) is 29.2 Å². The molecule has 2 fully saturated rings. The standard InChI is InChI=1S/C16H18N2O2/c1-10-8-11(10)14(19)18-7-6-16(9-18)12-4-2-3-5-13(12)17-15(16)20/h2-5,10-11H,6-9H2,1H3,(H,17,20)/t10-,11+,16-/m1/s1. The number of para-hydroxylation sites is 1. The van der Waals surface area contributed by atoms with Gasteiger partial charge in [0.2, 0.25) is 11.8 Å². The van der Waals surface area contributed by atoms with Crippen molar-refractivity contribution in [3.8, 4) is 0 Å². The third kappa shape index (κ3) is 1.48. The molecule has 3 atom stereocenters. The summed E-state index contributed by atoms with van der Waals surface area (Å²) in [5, 5.41) is 2.97. The number of rotatable bonds is 1. The van der Waals surface area contributed by atoms with Crippen LogP contribution in [0.5, 0.6) is 0 Å². The van der Waals surface area contributed by atoms with Crippen LogP contribution < -0.4 is 5.32 Å². The summed E-state index contributed by atoms with van der Waals surface area (Å²) < 4.78 is 0. The lowest BCUT2D eigenvalue weighted by Gasteiger charge is -2.22. The van der Waals surface area contributed by atoms with Crippen molar-refractivity contribution in [1.82, 2.24) is 4.90 Å². The van der Waals surface area contributed by atoms with Crippen molar-refractivity contribution in [3.63, 3.8) is 0 Å². The second-order valence-electron chi connectivity index (χ2n) is 6.41. The second-order valence-corrected chi connectivity index (χ2v) is 6.41. The number of carbonyl (C=O) groups is 2. The van der Waals surface area contributed by atoms with E-state index in [0.717, 1.165) is 24.1 Å². The summed E-state index contributed by atoms with van der Waals surface area (Å²) in [4.78, 5) is 26.7. The van der Waals surface area contributed by atoms with Gasteiger partial charge in [-0.1, -0.05) is 25.1 Å². The summed E-state index contributed by atoms with van der Waals surface area (Å²) in [6.45, 7) is 3.35. The number of nitrogens with zero attached hydrogens (tertiary/aromatic N) is 1. The van der Waals surface area contributed by atoms with Crippen molar-refractivity contribution in [1.29, 1.82) is 0 Å². The van der Waals surface area contributed by atoms with Crippen LogP contribution in [0.4, 0.5) is 5.69 Å². The maximum absolute atomic E-state index is 12.4. The first-order valence-electron chi connectivity index (χ1n) is 7.31. The molecule has 0 bridgehead atoms. The van der Waals surface area contributed by atoms with Gasteiger partial charge in [0.25, 0.3) is 0 Å². The highest BCUT2D eigenvalue weighted by molar-refractivity contribution is 6.07. The molecule has 1 spiro atoms. The van der Waals surface area contributed by atoms with Crippen LogP contribution in [0.1, 0.15) is 25.3 Å². The lowest BCUT2D eigenvalue weighted by Crippen LogP contribution is -2.39. The van der Waals surface area contributed by atoms with Crippen LogP contribution in [0.3, 0.4) is 0 Å². The van der Waals surface area contributed by atoms with Crippen LogP contribution in [0.15, 0.2) is 24.3 Å². The molecule has 0 aromatic heterocycles. The van der Waals surface area contributed by atoms with Crippen molar-refractivity contribution in [2.75, 3.05) is 18.4 Å². The molecule has 2 heterocycles. The number of anilines is 1. The van der Waals surface area contributed by atoms with Gasteiger partial charge in [0, 0.05) is 24.7 Å². The molecule has 4 heteroatoms. The average molecular weight is 270 g/mol. The van der Waals surface area contributed by atoms with Gasteiger partial charge in [-0.3, -0.25) is 9.59 Å². The van der Waals surface area contributed by atoms with Gasteiger partial charge in [0.05, 0.1) is 5.41 Å². The SMILES string of the molecule is C[C@@H]1C[C@@H]1C(=O)N1CC[C@]2(C1)C(=O)Nc1ccccc12. The smallest absolute Gasteiger partial charge is 0.236 e. The van der Waals surface area contributed by atoms with Gasteiger partial charge in [-0.2, -0.15) is 0 Å². The molecule has 1 aromatic carbocycles. The van der Waals surface area contributed by atoms with Crippen molar-refractivity contribution >= 4 is 17.5 Å². The molecule has 2 amide bonds. The molecule has 1 aliphatic carbocycles. The molecule has 4 nitrogen and oxygen atoms in total. The molecule has 4 rings (SSSR count). The third-order valence-electron chi connectivity index (χ3n) is 5.13. The molecule has 0 radical (unpaired) electrons. The lowest BCUT2D eigenvalue weighted by atomic mass is 9.81. The van der Waals surface area contributed by atoms with Crippen LogP contribution in [0, 0.1) is 11.8 Å². The number of amides is 2. The summed E-state index contributed by atoms with van der Waals surface area (Å²) in [7, 11) is 0. The van der Waals surface area contributed by atoms with Gasteiger partial charge in [-0.05, 0) is 30.4 Å². The van der Waals surface area contributed by atoms with Gasteiger partial charge < -0.3 is 10.2 Å². The van der Waals surface area contributed by atoms with E-state index in [2.05, 4.69) is 12.2 Å². The first-order chi connectivity index (χ1) is 9.62. The molecule has 104 valence electrons. The number of fused-ring (bicyclic) bond motifs is 2. The van der Waals surface area contributed by atoms with E-state index in [1.54, 1.807) is 0 Å². The summed E-state index contributed by atoms with van der Waals surface area (Å²) >= 11 is 0. The van der Waals surface area contributed by atoms with Crippen LogP contribution in [0.2, 0.25) is 0 Å². The fourth-order valence-corrected chi connectivity index (χ4v) is 3.68. The highest BCUT2D eigenvalue weighted by Crippen LogP contribution is 2.46. The van der Waals surface area contributed by atoms with Gasteiger partial charge in [0.1, 0.15) is 0 Å². The van der Waals surface area contributed by atoms with Crippen molar-refractivity contribution < 1.29 is 9.59 Å². The molecule has 1 saturated heterocycles. The Morgan fingerprint density at radius 1 is 1.40 bits per heavy atom. The normalized spacial score (nSPS) is 34.2. The summed E-state index contributed by atoms with van der Waals surface area (Å²) in [5.41, 5.74) is 1.46. The number of benzene rings is 1. The molecule has 1 saturated carbocycles. The minimum Gasteiger partial charge on any atom is -0.341 e. The van der Waals surface area contributed by atoms with E-state index in [4.69, 9.17) is 0 Å². The summed E-state index contributed by atoms with van der Waals surface area (Å²) in [5.74, 6) is 1.01. The predicted octanol–water partition coefficient (Wildman–Crippen LogP) is 1.76. The number of hydrogen-bond acceptors (Lipinski definition) is 2. The zero-order valence-corrected chi connectivity index (χ0v) is 11.6. The first-order valence-corrected chi connectivity index (χ1v) is 7.31. The molecule has 20 heavy (non-hydrogen) atoms. The van der Waals surface area contributed by atoms with E-state index < -0.39 is 5.41 Å². The highest BCUT2D eigenvalue weighted by atomic mass is 16.2. The molecule has 3 aliphatic rings. The van der Waals surface area contributed by atoms with E-state index in [0.29, 0.717) is 19.0 Å². The Kier molecular flexibility index (Phi) is 2.29. The molecular weight excluding hydrogens is 252 g/mol. The minimum atomic E-state index is -0.510. The van der Waals surface area contributed by atoms with Crippen LogP contribution >= 0.6 is 0 Å². The quantitative estimate of drug-likeness (QED) is 0.845. The Labute approximate surface area is 118 Å². The second kappa shape index (κ2) is 3.84. The van der Waals surface area contributed by atoms with Crippen LogP contribution in [-0.2, 0) is 15.0 Å². The van der Waals surface area contributed by atoms with Gasteiger partial charge in [-0.15, -0.1) is 0 Å². The van der Waals surface area contributed by atoms with Crippen molar-refractivity contribution in [2.45, 2.75) is 25.2 Å². The number of hydrogen-bond donors (Lipinski definition) is 1. The largest absolute Gasteiger partial charge is 0.341 e. The van der Waals surface area contributed by atoms with E-state index >= 15 is 0 Å². The van der Waals surface area contributed by atoms with Gasteiger partial charge >= 0.3 is 0 Å². The van der Waals surface area contributed by atoms with Crippen molar-refractivity contribution in [3.05, 3.63) is 29.8 Å². The lowest BCUT2D eigenvalue weighted by molar-refractivity contribution is -0.132. The predicted molar refractivity (Wildman–Crippen MR) is 75.2 cm³/mol. The Balaban J connectivity index is 1.64. The van der Waals surface area contributed by atoms with Gasteiger partial charge in [-0.25, -0.2) is 0 Å². The molecule has 1 aromatic rings. The Morgan fingerprint density at radius 2 is 2.15 bits per heavy atom. The van der Waals surface area contributed by atoms with Crippen LogP contribution in [-0.4, -0.2) is 29.8 Å². The average Bonchev–Trinajstić information content (AvgIpc) is 2.92. The summed E-state index contributed by atoms with van der Waals surface area (Å²) in [6.07, 6.45) is 1.74. The number of carbonyl (C=O) groups excluding carboxylic acids is 2. The third-order valence-corrected chi connectivity index (χ3v) is 5.13. The highest BCUT2D eigenvalue weighted by Gasteiger charge is 2.53. The molecular formula is C16H18N2O2. The topological polar surface area (TPSA) is 49.4 Å². The minimum absolute atomic E-state index is 0.0536. The zero-order valence-electron chi connectivity index (χ0n) is 11.6. The first kappa shape index (κ1) is 11.9. The molecule has 0 unspecified atom stereocenters. The number of nitrogens with one attached hydrogen (secondary N) is 1. The van der Waals surface area contributed by atoms with E-state index in [1.165, 1.54) is 0 Å². The fraction of sp³-hybridized carbons (Fsp3) is 0.500. The maximum atomic E-state index is 12.4. The maximum Gasteiger partial charge on any atom is 0.236 e. The Morgan fingerprint density at radius 3 is 2.90 bits per heavy atom. The van der Waals surface area contributed by atoms with Crippen LogP contribution in [0.25, 0.3) is 0 Å². The zero-order chi connectivity index (χ0) is 13.9. The molecule has 2 aliphatic heterocycles. The summed E-state index contributed by atoms with van der Waals surface area (Å²) in [6, 6.07) is 7.85. The Hall–Kier alpha value is -1.84. The Bertz CT molecular complexity index is 612. The van der Waals surface area contributed by atoms with Gasteiger partial charge in [0.15, 0.2) is 0 Å². The van der Waals surface area contributed by atoms with E-state index in [9.17, 15) is 9.59 Å². The monoisotopic (exact) mass is 270 g/mol. The van der Waals surface area contributed by atoms with Crippen molar-refractivity contribution in [2.24, 2.45) is 11.8 Å². The van der Waals surface area contributed by atoms with E-state index in [-0.39, 0.29) is 17.7 Å².